The summed E-state index contributed by atoms with van der Waals surface area (Å²) >= 11 is 0. The Labute approximate surface area is 126 Å². The minimum atomic E-state index is -0.299. The number of aromatic amines is 1. The van der Waals surface area contributed by atoms with Crippen molar-refractivity contribution in [1.82, 2.24) is 4.98 Å². The van der Waals surface area contributed by atoms with Crippen molar-refractivity contribution in [3.8, 4) is 0 Å². The quantitative estimate of drug-likeness (QED) is 0.860. The molecule has 0 radical (unpaired) electrons. The molecule has 1 aliphatic heterocycles. The average molecular weight is 291 g/mol. The van der Waals surface area contributed by atoms with Crippen molar-refractivity contribution in [2.75, 3.05) is 13.2 Å². The summed E-state index contributed by atoms with van der Waals surface area (Å²) in [5.74, 6) is 0.224. The van der Waals surface area contributed by atoms with E-state index in [2.05, 4.69) is 31.0 Å². The lowest BCUT2D eigenvalue weighted by atomic mass is 9.88. The van der Waals surface area contributed by atoms with E-state index in [1.807, 2.05) is 13.0 Å². The Kier molecular flexibility index (Phi) is 4.88. The topological polar surface area (TPSA) is 51.3 Å². The number of hydrogen-bond donors (Lipinski definition) is 1. The van der Waals surface area contributed by atoms with Crippen molar-refractivity contribution >= 4 is 12.0 Å². The van der Waals surface area contributed by atoms with Crippen LogP contribution in [0.2, 0.25) is 0 Å². The molecule has 1 aromatic rings. The number of rotatable bonds is 4. The van der Waals surface area contributed by atoms with Crippen LogP contribution in [0.4, 0.5) is 0 Å². The summed E-state index contributed by atoms with van der Waals surface area (Å²) in [6, 6.07) is 1.86. The van der Waals surface area contributed by atoms with E-state index in [9.17, 15) is 4.79 Å². The first-order chi connectivity index (χ1) is 9.91. The minimum Gasteiger partial charge on any atom is -0.461 e. The number of hydrogen-bond acceptors (Lipinski definition) is 3. The molecule has 0 aliphatic carbocycles. The van der Waals surface area contributed by atoms with Crippen LogP contribution in [0.1, 0.15) is 55.4 Å². The first-order valence-corrected chi connectivity index (χ1v) is 7.60. The monoisotopic (exact) mass is 291 g/mol. The van der Waals surface area contributed by atoms with Crippen LogP contribution in [0.15, 0.2) is 12.1 Å². The highest BCUT2D eigenvalue weighted by Gasteiger charge is 2.27. The third-order valence-corrected chi connectivity index (χ3v) is 3.83. The predicted molar refractivity (Wildman–Crippen MR) is 83.3 cm³/mol. The summed E-state index contributed by atoms with van der Waals surface area (Å²) in [7, 11) is 0. The number of allylic oxidation sites excluding steroid dienone is 1. The Morgan fingerprint density at radius 1 is 1.57 bits per heavy atom. The number of carbonyl (C=O) groups excluding carboxylic acids is 1. The molecule has 0 spiro atoms. The number of aromatic nitrogens is 1. The van der Waals surface area contributed by atoms with Gasteiger partial charge in [-0.15, -0.1) is 0 Å². The molecule has 0 bridgehead atoms. The van der Waals surface area contributed by atoms with Gasteiger partial charge in [0.25, 0.3) is 0 Å². The Morgan fingerprint density at radius 3 is 3.00 bits per heavy atom. The van der Waals surface area contributed by atoms with Crippen LogP contribution in [0, 0.1) is 12.8 Å². The maximum Gasteiger partial charge on any atom is 0.354 e. The van der Waals surface area contributed by atoms with Crippen molar-refractivity contribution in [3.05, 3.63) is 29.1 Å². The van der Waals surface area contributed by atoms with Gasteiger partial charge in [-0.05, 0) is 58.1 Å². The molecule has 2 heterocycles. The molecular weight excluding hydrogens is 266 g/mol. The van der Waals surface area contributed by atoms with E-state index in [0.29, 0.717) is 18.2 Å². The van der Waals surface area contributed by atoms with E-state index in [1.54, 1.807) is 6.92 Å². The largest absolute Gasteiger partial charge is 0.461 e. The predicted octanol–water partition coefficient (Wildman–Crippen LogP) is 3.72. The zero-order valence-electron chi connectivity index (χ0n) is 13.4. The molecule has 4 heteroatoms. The third kappa shape index (κ3) is 4.21. The highest BCUT2D eigenvalue weighted by Crippen LogP contribution is 2.30. The van der Waals surface area contributed by atoms with Gasteiger partial charge in [-0.1, -0.05) is 12.2 Å². The van der Waals surface area contributed by atoms with Gasteiger partial charge in [-0.25, -0.2) is 4.79 Å². The van der Waals surface area contributed by atoms with Crippen molar-refractivity contribution in [2.24, 2.45) is 5.92 Å². The molecule has 1 aromatic heterocycles. The molecule has 1 unspecified atom stereocenters. The number of carbonyl (C=O) groups is 1. The lowest BCUT2D eigenvalue weighted by Gasteiger charge is -2.34. The van der Waals surface area contributed by atoms with Gasteiger partial charge < -0.3 is 14.5 Å². The number of esters is 1. The zero-order valence-corrected chi connectivity index (χ0v) is 13.4. The van der Waals surface area contributed by atoms with Crippen LogP contribution in [0.5, 0.6) is 0 Å². The Balaban J connectivity index is 2.05. The molecule has 2 rings (SSSR count). The van der Waals surface area contributed by atoms with E-state index >= 15 is 0 Å². The molecule has 1 aliphatic rings. The Bertz CT molecular complexity index is 528. The molecule has 1 saturated heterocycles. The summed E-state index contributed by atoms with van der Waals surface area (Å²) in [4.78, 5) is 14.8. The number of aryl methyl sites for hydroxylation is 1. The Morgan fingerprint density at radius 2 is 2.33 bits per heavy atom. The number of H-pyrrole nitrogens is 1. The van der Waals surface area contributed by atoms with Crippen LogP contribution < -0.4 is 0 Å². The molecule has 0 aromatic carbocycles. The van der Waals surface area contributed by atoms with Gasteiger partial charge >= 0.3 is 5.97 Å². The SMILES string of the molecule is CCOC(=O)c1cc(/C=C/C2CCOC(C)(C)C2)c(C)[nH]1. The first-order valence-electron chi connectivity index (χ1n) is 7.60. The van der Waals surface area contributed by atoms with Crippen molar-refractivity contribution < 1.29 is 14.3 Å². The molecule has 1 atom stereocenters. The molecular formula is C17H25NO3. The van der Waals surface area contributed by atoms with Crippen LogP contribution in [-0.4, -0.2) is 29.8 Å². The van der Waals surface area contributed by atoms with Gasteiger partial charge in [-0.2, -0.15) is 0 Å². The van der Waals surface area contributed by atoms with E-state index in [-0.39, 0.29) is 11.6 Å². The molecule has 0 saturated carbocycles. The molecule has 0 amide bonds. The first kappa shape index (κ1) is 15.8. The maximum atomic E-state index is 11.7. The van der Waals surface area contributed by atoms with Gasteiger partial charge in [0.15, 0.2) is 0 Å². The highest BCUT2D eigenvalue weighted by atomic mass is 16.5. The van der Waals surface area contributed by atoms with Crippen molar-refractivity contribution in [2.45, 2.75) is 46.1 Å². The second kappa shape index (κ2) is 6.48. The fourth-order valence-electron chi connectivity index (χ4n) is 2.75. The standard InChI is InChI=1S/C17H25NO3/c1-5-20-16(19)15-10-14(12(2)18-15)7-6-13-8-9-21-17(3,4)11-13/h6-7,10,13,18H,5,8-9,11H2,1-4H3/b7-6+. The summed E-state index contributed by atoms with van der Waals surface area (Å²) in [5.41, 5.74) is 2.50. The second-order valence-electron chi connectivity index (χ2n) is 6.20. The maximum absolute atomic E-state index is 11.7. The summed E-state index contributed by atoms with van der Waals surface area (Å²) in [6.07, 6.45) is 6.40. The Hall–Kier alpha value is -1.55. The van der Waals surface area contributed by atoms with Crippen molar-refractivity contribution in [3.63, 3.8) is 0 Å². The van der Waals surface area contributed by atoms with Crippen LogP contribution >= 0.6 is 0 Å². The van der Waals surface area contributed by atoms with E-state index in [0.717, 1.165) is 30.7 Å². The molecule has 116 valence electrons. The van der Waals surface area contributed by atoms with Gasteiger partial charge in [0.2, 0.25) is 0 Å². The molecule has 1 fully saturated rings. The smallest absolute Gasteiger partial charge is 0.354 e. The van der Waals surface area contributed by atoms with Crippen LogP contribution in [0.3, 0.4) is 0 Å². The van der Waals surface area contributed by atoms with Crippen LogP contribution in [-0.2, 0) is 9.47 Å². The average Bonchev–Trinajstić information content (AvgIpc) is 2.77. The third-order valence-electron chi connectivity index (χ3n) is 3.83. The number of ether oxygens (including phenoxy) is 2. The van der Waals surface area contributed by atoms with E-state index < -0.39 is 0 Å². The fourth-order valence-corrected chi connectivity index (χ4v) is 2.75. The van der Waals surface area contributed by atoms with Gasteiger partial charge in [-0.3, -0.25) is 0 Å². The van der Waals surface area contributed by atoms with Crippen LogP contribution in [0.25, 0.3) is 6.08 Å². The van der Waals surface area contributed by atoms with Gasteiger partial charge in [0.1, 0.15) is 5.69 Å². The molecule has 1 N–H and O–H groups in total. The van der Waals surface area contributed by atoms with E-state index in [1.165, 1.54) is 0 Å². The molecule has 21 heavy (non-hydrogen) atoms. The van der Waals surface area contributed by atoms with Gasteiger partial charge in [0, 0.05) is 12.3 Å². The van der Waals surface area contributed by atoms with E-state index in [4.69, 9.17) is 9.47 Å². The lowest BCUT2D eigenvalue weighted by Crippen LogP contribution is -2.33. The minimum absolute atomic E-state index is 0.0451. The zero-order chi connectivity index (χ0) is 15.5. The van der Waals surface area contributed by atoms with Crippen molar-refractivity contribution in [1.29, 1.82) is 0 Å². The van der Waals surface area contributed by atoms with Gasteiger partial charge in [0.05, 0.1) is 12.2 Å². The summed E-state index contributed by atoms with van der Waals surface area (Å²) in [6.45, 7) is 9.24. The normalized spacial score (nSPS) is 21.6. The second-order valence-corrected chi connectivity index (χ2v) is 6.20. The highest BCUT2D eigenvalue weighted by molar-refractivity contribution is 5.88. The molecule has 4 nitrogen and oxygen atoms in total. The fraction of sp³-hybridized carbons (Fsp3) is 0.588. The number of nitrogens with one attached hydrogen (secondary N) is 1. The summed E-state index contributed by atoms with van der Waals surface area (Å²) in [5, 5.41) is 0. The lowest BCUT2D eigenvalue weighted by molar-refractivity contribution is -0.0643. The summed E-state index contributed by atoms with van der Waals surface area (Å²) < 4.78 is 10.7.